The maximum atomic E-state index is 12.6. The van der Waals surface area contributed by atoms with E-state index in [9.17, 15) is 29.3 Å². The molecular weight excluding hydrogens is 697 g/mol. The van der Waals surface area contributed by atoms with E-state index >= 15 is 0 Å². The monoisotopic (exact) mass is 772 g/mol. The molecule has 1 aliphatic carbocycles. The maximum Gasteiger partial charge on any atom is 0.472 e. The number of aliphatic hydroxyl groups is 2. The summed E-state index contributed by atoms with van der Waals surface area (Å²) in [7, 11) is -4.36. The van der Waals surface area contributed by atoms with Crippen molar-refractivity contribution in [3.63, 3.8) is 0 Å². The van der Waals surface area contributed by atoms with Gasteiger partial charge in [-0.2, -0.15) is 0 Å². The van der Waals surface area contributed by atoms with Gasteiger partial charge in [0.25, 0.3) is 0 Å². The number of phosphoric ester groups is 1. The molecule has 12 heteroatoms. The average Bonchev–Trinajstić information content (AvgIpc) is 3.40. The van der Waals surface area contributed by atoms with Gasteiger partial charge in [-0.3, -0.25) is 18.6 Å². The molecule has 6 atom stereocenters. The molecule has 0 radical (unpaired) electrons. The summed E-state index contributed by atoms with van der Waals surface area (Å²) in [4.78, 5) is 35.1. The van der Waals surface area contributed by atoms with E-state index in [0.29, 0.717) is 25.7 Å². The van der Waals surface area contributed by atoms with E-state index in [1.165, 1.54) is 70.6 Å². The number of carbonyl (C=O) groups excluding carboxylic acids is 2. The number of hydrogen-bond acceptors (Lipinski definition) is 10. The van der Waals surface area contributed by atoms with E-state index in [1.54, 1.807) is 18.4 Å². The average molecular weight is 772 g/mol. The van der Waals surface area contributed by atoms with E-state index in [-0.39, 0.29) is 56.8 Å². The predicted octanol–water partition coefficient (Wildman–Crippen LogP) is 8.79. The van der Waals surface area contributed by atoms with Crippen molar-refractivity contribution in [2.75, 3.05) is 26.4 Å². The lowest BCUT2D eigenvalue weighted by molar-refractivity contribution is -0.153. The van der Waals surface area contributed by atoms with Crippen LogP contribution >= 0.6 is 7.82 Å². The van der Waals surface area contributed by atoms with Crippen LogP contribution < -0.4 is 5.73 Å². The highest BCUT2D eigenvalue weighted by Crippen LogP contribution is 2.43. The van der Waals surface area contributed by atoms with Crippen molar-refractivity contribution in [2.24, 2.45) is 17.6 Å². The molecule has 0 aromatic carbocycles. The number of Topliss-reactive ketones (excluding diaryl/α,β-unsaturated/α-hetero) is 1. The number of ether oxygens (including phenoxy) is 2. The third kappa shape index (κ3) is 26.6. The van der Waals surface area contributed by atoms with Crippen molar-refractivity contribution in [2.45, 2.75) is 173 Å². The Morgan fingerprint density at radius 1 is 0.868 bits per heavy atom. The van der Waals surface area contributed by atoms with E-state index in [2.05, 4.69) is 13.8 Å². The number of rotatable bonds is 35. The first-order chi connectivity index (χ1) is 25.6. The zero-order valence-corrected chi connectivity index (χ0v) is 33.9. The van der Waals surface area contributed by atoms with Crippen molar-refractivity contribution < 1.29 is 47.8 Å². The smallest absolute Gasteiger partial charge is 0.472 e. The van der Waals surface area contributed by atoms with Gasteiger partial charge < -0.3 is 30.3 Å². The van der Waals surface area contributed by atoms with E-state index in [0.717, 1.165) is 32.1 Å². The highest BCUT2D eigenvalue weighted by atomic mass is 31.2. The third-order valence-corrected chi connectivity index (χ3v) is 10.5. The maximum absolute atomic E-state index is 12.6. The van der Waals surface area contributed by atoms with Crippen molar-refractivity contribution in [3.05, 3.63) is 36.6 Å². The molecule has 1 aliphatic rings. The van der Waals surface area contributed by atoms with Gasteiger partial charge in [-0.15, -0.1) is 0 Å². The van der Waals surface area contributed by atoms with Crippen LogP contribution in [0.5, 0.6) is 0 Å². The summed E-state index contributed by atoms with van der Waals surface area (Å²) in [6.07, 6.45) is 30.4. The first-order valence-electron chi connectivity index (χ1n) is 20.6. The second kappa shape index (κ2) is 32.4. The third-order valence-electron chi connectivity index (χ3n) is 9.49. The predicted molar refractivity (Wildman–Crippen MR) is 211 cm³/mol. The van der Waals surface area contributed by atoms with Crippen LogP contribution in [0.2, 0.25) is 0 Å². The normalized spacial score (nSPS) is 20.1. The van der Waals surface area contributed by atoms with Crippen molar-refractivity contribution >= 4 is 19.6 Å². The molecule has 1 rings (SSSR count). The molecule has 1 fully saturated rings. The van der Waals surface area contributed by atoms with Gasteiger partial charge in [-0.05, 0) is 44.6 Å². The molecule has 0 aromatic heterocycles. The summed E-state index contributed by atoms with van der Waals surface area (Å²) in [6, 6.07) is 0. The van der Waals surface area contributed by atoms with Gasteiger partial charge in [-0.25, -0.2) is 4.57 Å². The van der Waals surface area contributed by atoms with Crippen LogP contribution in [0.25, 0.3) is 0 Å². The zero-order valence-electron chi connectivity index (χ0n) is 33.0. The lowest BCUT2D eigenvalue weighted by Crippen LogP contribution is -2.27. The van der Waals surface area contributed by atoms with Gasteiger partial charge in [0.1, 0.15) is 12.4 Å². The molecule has 0 spiro atoms. The molecule has 1 saturated carbocycles. The number of aliphatic hydroxyl groups excluding tert-OH is 2. The number of allylic oxidation sites excluding steroid dienone is 3. The Morgan fingerprint density at radius 2 is 1.49 bits per heavy atom. The number of carbonyl (C=O) groups is 2. The van der Waals surface area contributed by atoms with E-state index < -0.39 is 32.1 Å². The second-order valence-electron chi connectivity index (χ2n) is 14.3. The van der Waals surface area contributed by atoms with Crippen LogP contribution in [0.1, 0.15) is 155 Å². The summed E-state index contributed by atoms with van der Waals surface area (Å²) in [5.41, 5.74) is 5.35. The Bertz CT molecular complexity index is 1070. The molecule has 5 N–H and O–H groups in total. The van der Waals surface area contributed by atoms with Crippen LogP contribution in [0.4, 0.5) is 0 Å². The Hall–Kier alpha value is -1.85. The molecule has 0 bridgehead atoms. The van der Waals surface area contributed by atoms with Crippen LogP contribution in [-0.4, -0.2) is 71.5 Å². The van der Waals surface area contributed by atoms with Crippen molar-refractivity contribution in [1.82, 2.24) is 0 Å². The molecule has 308 valence electrons. The largest absolute Gasteiger partial charge is 0.498 e. The molecule has 0 saturated heterocycles. The number of ketones is 1. The second-order valence-corrected chi connectivity index (χ2v) is 15.8. The standard InChI is InChI=1S/C41H74NO10P/c1-3-5-7-8-9-10-11-12-13-14-15-16-19-23-30-49-33-36(34-51-53(47,48)50-31-29-42)52-41(46)26-22-18-17-21-25-37-38(40(45)32-39(37)44)28-27-35(43)24-20-6-4-2/h17,21,23,27-28,30,35-38,40,43,45H,3-16,18-20,22,24-26,29,31-34,42H2,1-2H3,(H,47,48)/b21-17-,28-27+,30-23+/t35-,36+,37+,38+,40+/m0/s1. The van der Waals surface area contributed by atoms with E-state index in [1.807, 2.05) is 18.2 Å². The molecule has 53 heavy (non-hydrogen) atoms. The lowest BCUT2D eigenvalue weighted by Gasteiger charge is -2.19. The van der Waals surface area contributed by atoms with Crippen LogP contribution in [0.3, 0.4) is 0 Å². The Balaban J connectivity index is 2.42. The highest BCUT2D eigenvalue weighted by Gasteiger charge is 2.39. The molecule has 1 unspecified atom stereocenters. The minimum Gasteiger partial charge on any atom is -0.498 e. The first-order valence-corrected chi connectivity index (χ1v) is 22.1. The molecule has 0 heterocycles. The lowest BCUT2D eigenvalue weighted by atomic mass is 9.90. The van der Waals surface area contributed by atoms with Crippen LogP contribution in [0, 0.1) is 11.8 Å². The fourth-order valence-electron chi connectivity index (χ4n) is 6.35. The Kier molecular flexibility index (Phi) is 30.1. The minimum absolute atomic E-state index is 0.0105. The number of esters is 1. The van der Waals surface area contributed by atoms with Gasteiger partial charge in [0.05, 0.1) is 31.7 Å². The Labute approximate surface area is 320 Å². The highest BCUT2D eigenvalue weighted by molar-refractivity contribution is 7.47. The molecule has 11 nitrogen and oxygen atoms in total. The van der Waals surface area contributed by atoms with Gasteiger partial charge >= 0.3 is 13.8 Å². The summed E-state index contributed by atoms with van der Waals surface area (Å²) in [6.45, 7) is 3.81. The molecule has 0 aromatic rings. The van der Waals surface area contributed by atoms with Crippen molar-refractivity contribution in [1.29, 1.82) is 0 Å². The molecular formula is C41H74NO10P. The summed E-state index contributed by atoms with van der Waals surface area (Å²) in [5, 5.41) is 20.7. The fraction of sp³-hybridized carbons (Fsp3) is 0.805. The summed E-state index contributed by atoms with van der Waals surface area (Å²) >= 11 is 0. The quantitative estimate of drug-likeness (QED) is 0.0159. The van der Waals surface area contributed by atoms with E-state index in [4.69, 9.17) is 24.3 Å². The SMILES string of the molecule is CCCCCCCCCCCCCC/C=C/OC[C@H](COP(=O)(O)OCCN)OC(=O)CCC/C=C\C[C@H]1C(=O)C[C@@H](O)[C@@H]1/C=C/[C@@H](O)CCCCC. The van der Waals surface area contributed by atoms with Gasteiger partial charge in [-0.1, -0.05) is 128 Å². The first kappa shape index (κ1) is 49.2. The zero-order chi connectivity index (χ0) is 39.0. The fourth-order valence-corrected chi connectivity index (χ4v) is 7.12. The number of nitrogens with two attached hydrogens (primary N) is 1. The molecule has 0 aliphatic heterocycles. The number of hydrogen-bond donors (Lipinski definition) is 4. The Morgan fingerprint density at radius 3 is 2.15 bits per heavy atom. The van der Waals surface area contributed by atoms with Crippen LogP contribution in [0.15, 0.2) is 36.6 Å². The van der Waals surface area contributed by atoms with Gasteiger partial charge in [0, 0.05) is 31.2 Å². The number of unbranched alkanes of at least 4 members (excludes halogenated alkanes) is 15. The number of phosphoric acid groups is 1. The topological polar surface area (TPSA) is 175 Å². The summed E-state index contributed by atoms with van der Waals surface area (Å²) < 4.78 is 33.1. The molecule has 0 amide bonds. The van der Waals surface area contributed by atoms with Gasteiger partial charge in [0.2, 0.25) is 0 Å². The minimum atomic E-state index is -4.36. The summed E-state index contributed by atoms with van der Waals surface area (Å²) in [5.74, 6) is -1.16. The van der Waals surface area contributed by atoms with Crippen LogP contribution in [-0.2, 0) is 32.7 Å². The van der Waals surface area contributed by atoms with Gasteiger partial charge in [0.15, 0.2) is 6.10 Å². The van der Waals surface area contributed by atoms with Crippen molar-refractivity contribution in [3.8, 4) is 0 Å².